The summed E-state index contributed by atoms with van der Waals surface area (Å²) in [6.07, 6.45) is 0.928. The van der Waals surface area contributed by atoms with Crippen molar-refractivity contribution in [1.82, 2.24) is 9.97 Å². The van der Waals surface area contributed by atoms with E-state index in [1.54, 1.807) is 0 Å². The van der Waals surface area contributed by atoms with Crippen LogP contribution in [0.25, 0.3) is 11.0 Å². The van der Waals surface area contributed by atoms with Gasteiger partial charge in [0.2, 0.25) is 0 Å². The number of anilines is 2. The van der Waals surface area contributed by atoms with Gasteiger partial charge in [0, 0.05) is 13.1 Å². The molecule has 0 bridgehead atoms. The smallest absolute Gasteiger partial charge is 0.172 e. The Morgan fingerprint density at radius 2 is 1.69 bits per heavy atom. The molecule has 140 valence electrons. The molecule has 26 heavy (non-hydrogen) atoms. The molecule has 0 radical (unpaired) electrons. The summed E-state index contributed by atoms with van der Waals surface area (Å²) < 4.78 is 11.8. The van der Waals surface area contributed by atoms with Gasteiger partial charge in [0.1, 0.15) is 0 Å². The molecule has 2 aromatic rings. The molecular formula is C20H28N4O2. The summed E-state index contributed by atoms with van der Waals surface area (Å²) in [5, 5.41) is 3.66. The average molecular weight is 356 g/mol. The molecule has 2 aliphatic heterocycles. The van der Waals surface area contributed by atoms with Crippen molar-refractivity contribution in [2.75, 3.05) is 36.5 Å². The molecule has 4 rings (SSSR count). The second-order valence-corrected chi connectivity index (χ2v) is 8.35. The fourth-order valence-electron chi connectivity index (χ4n) is 4.04. The van der Waals surface area contributed by atoms with Gasteiger partial charge in [-0.3, -0.25) is 0 Å². The molecule has 3 heterocycles. The molecule has 0 amide bonds. The summed E-state index contributed by atoms with van der Waals surface area (Å²) in [5.41, 5.74) is 1.41. The molecule has 1 aromatic heterocycles. The van der Waals surface area contributed by atoms with E-state index in [0.29, 0.717) is 0 Å². The van der Waals surface area contributed by atoms with Crippen LogP contribution in [0.15, 0.2) is 24.3 Å². The Hall–Kier alpha value is -1.92. The second kappa shape index (κ2) is 6.35. The third kappa shape index (κ3) is 3.35. The zero-order chi connectivity index (χ0) is 18.4. The Bertz CT molecular complexity index is 799. The SMILES string of the molecule is CC1(C)CC(Nc2nc3ccccc3nc2N2CCOCC2)C(C)(C)O1. The maximum atomic E-state index is 6.25. The molecule has 0 aliphatic carbocycles. The van der Waals surface area contributed by atoms with Crippen LogP contribution in [0.4, 0.5) is 11.6 Å². The van der Waals surface area contributed by atoms with E-state index in [4.69, 9.17) is 19.4 Å². The predicted molar refractivity (Wildman–Crippen MR) is 104 cm³/mol. The van der Waals surface area contributed by atoms with Gasteiger partial charge >= 0.3 is 0 Å². The van der Waals surface area contributed by atoms with Crippen LogP contribution in [0.1, 0.15) is 34.1 Å². The Morgan fingerprint density at radius 1 is 1.04 bits per heavy atom. The van der Waals surface area contributed by atoms with Crippen molar-refractivity contribution in [1.29, 1.82) is 0 Å². The standard InChI is InChI=1S/C20H28N4O2/c1-19(2)13-16(20(3,4)26-19)23-17-18(24-9-11-25-12-10-24)22-15-8-6-5-7-14(15)21-17/h5-8,16H,9-13H2,1-4H3,(H,21,23). The molecule has 1 atom stereocenters. The number of hydrogen-bond acceptors (Lipinski definition) is 6. The lowest BCUT2D eigenvalue weighted by Crippen LogP contribution is -2.40. The summed E-state index contributed by atoms with van der Waals surface area (Å²) in [6, 6.07) is 8.20. The van der Waals surface area contributed by atoms with Crippen LogP contribution in [-0.2, 0) is 9.47 Å². The number of morpholine rings is 1. The number of para-hydroxylation sites is 2. The van der Waals surface area contributed by atoms with Crippen molar-refractivity contribution in [3.05, 3.63) is 24.3 Å². The molecule has 0 spiro atoms. The number of hydrogen-bond donors (Lipinski definition) is 1. The Labute approximate surface area is 154 Å². The summed E-state index contributed by atoms with van der Waals surface area (Å²) in [5.74, 6) is 1.75. The number of rotatable bonds is 3. The number of aromatic nitrogens is 2. The molecule has 6 heteroatoms. The van der Waals surface area contributed by atoms with Gasteiger partial charge in [0.05, 0.1) is 41.5 Å². The number of fused-ring (bicyclic) bond motifs is 1. The lowest BCUT2D eigenvalue weighted by atomic mass is 9.94. The van der Waals surface area contributed by atoms with Gasteiger partial charge in [-0.05, 0) is 46.2 Å². The van der Waals surface area contributed by atoms with E-state index in [1.165, 1.54) is 0 Å². The minimum absolute atomic E-state index is 0.148. The highest BCUT2D eigenvalue weighted by Crippen LogP contribution is 2.40. The Balaban J connectivity index is 1.72. The van der Waals surface area contributed by atoms with Crippen molar-refractivity contribution in [2.24, 2.45) is 0 Å². The number of benzene rings is 1. The lowest BCUT2D eigenvalue weighted by Gasteiger charge is -2.32. The molecule has 1 N–H and O–H groups in total. The van der Waals surface area contributed by atoms with Gasteiger partial charge < -0.3 is 19.7 Å². The first-order valence-corrected chi connectivity index (χ1v) is 9.40. The maximum Gasteiger partial charge on any atom is 0.172 e. The third-order valence-corrected chi connectivity index (χ3v) is 5.25. The van der Waals surface area contributed by atoms with Crippen LogP contribution in [0.2, 0.25) is 0 Å². The second-order valence-electron chi connectivity index (χ2n) is 8.35. The summed E-state index contributed by atoms with van der Waals surface area (Å²) in [7, 11) is 0. The van der Waals surface area contributed by atoms with Gasteiger partial charge in [-0.15, -0.1) is 0 Å². The van der Waals surface area contributed by atoms with Crippen LogP contribution >= 0.6 is 0 Å². The number of nitrogens with one attached hydrogen (secondary N) is 1. The zero-order valence-corrected chi connectivity index (χ0v) is 16.1. The van der Waals surface area contributed by atoms with Crippen LogP contribution in [0.5, 0.6) is 0 Å². The zero-order valence-electron chi connectivity index (χ0n) is 16.1. The Morgan fingerprint density at radius 3 is 2.31 bits per heavy atom. The molecular weight excluding hydrogens is 328 g/mol. The van der Waals surface area contributed by atoms with Gasteiger partial charge in [-0.2, -0.15) is 0 Å². The quantitative estimate of drug-likeness (QED) is 0.911. The Kier molecular flexibility index (Phi) is 4.28. The molecule has 2 fully saturated rings. The van der Waals surface area contributed by atoms with E-state index in [-0.39, 0.29) is 17.2 Å². The highest BCUT2D eigenvalue weighted by atomic mass is 16.5. The van der Waals surface area contributed by atoms with Crippen LogP contribution in [0.3, 0.4) is 0 Å². The van der Waals surface area contributed by atoms with Crippen molar-refractivity contribution in [2.45, 2.75) is 51.4 Å². The van der Waals surface area contributed by atoms with Crippen molar-refractivity contribution in [3.63, 3.8) is 0 Å². The number of ether oxygens (including phenoxy) is 2. The fourth-order valence-corrected chi connectivity index (χ4v) is 4.04. The highest BCUT2D eigenvalue weighted by molar-refractivity contribution is 5.80. The van der Waals surface area contributed by atoms with Gasteiger partial charge in [-0.25, -0.2) is 9.97 Å². The van der Waals surface area contributed by atoms with Gasteiger partial charge in [-0.1, -0.05) is 12.1 Å². The van der Waals surface area contributed by atoms with Crippen molar-refractivity contribution in [3.8, 4) is 0 Å². The first-order valence-electron chi connectivity index (χ1n) is 9.40. The molecule has 6 nitrogen and oxygen atoms in total. The van der Waals surface area contributed by atoms with E-state index >= 15 is 0 Å². The van der Waals surface area contributed by atoms with Gasteiger partial charge in [0.25, 0.3) is 0 Å². The fraction of sp³-hybridized carbons (Fsp3) is 0.600. The normalized spacial score (nSPS) is 24.8. The first kappa shape index (κ1) is 17.5. The molecule has 1 aromatic carbocycles. The van der Waals surface area contributed by atoms with Crippen LogP contribution < -0.4 is 10.2 Å². The molecule has 0 saturated carbocycles. The maximum absolute atomic E-state index is 6.25. The van der Waals surface area contributed by atoms with E-state index in [1.807, 2.05) is 24.3 Å². The monoisotopic (exact) mass is 356 g/mol. The van der Waals surface area contributed by atoms with E-state index in [2.05, 4.69) is 37.9 Å². The average Bonchev–Trinajstić information content (AvgIpc) is 2.81. The molecule has 2 aliphatic rings. The first-order chi connectivity index (χ1) is 12.3. The predicted octanol–water partition coefficient (Wildman–Crippen LogP) is 3.22. The van der Waals surface area contributed by atoms with E-state index in [0.717, 1.165) is 55.4 Å². The third-order valence-electron chi connectivity index (χ3n) is 5.25. The minimum Gasteiger partial charge on any atom is -0.378 e. The van der Waals surface area contributed by atoms with Crippen LogP contribution in [0, 0.1) is 0 Å². The minimum atomic E-state index is -0.265. The van der Waals surface area contributed by atoms with Gasteiger partial charge in [0.15, 0.2) is 11.6 Å². The van der Waals surface area contributed by atoms with Crippen LogP contribution in [-0.4, -0.2) is 53.5 Å². The van der Waals surface area contributed by atoms with E-state index < -0.39 is 0 Å². The van der Waals surface area contributed by atoms with Crippen molar-refractivity contribution < 1.29 is 9.47 Å². The molecule has 1 unspecified atom stereocenters. The van der Waals surface area contributed by atoms with E-state index in [9.17, 15) is 0 Å². The summed E-state index contributed by atoms with van der Waals surface area (Å²) >= 11 is 0. The molecule has 2 saturated heterocycles. The largest absolute Gasteiger partial charge is 0.378 e. The van der Waals surface area contributed by atoms with Crippen molar-refractivity contribution >= 4 is 22.7 Å². The summed E-state index contributed by atoms with van der Waals surface area (Å²) in [4.78, 5) is 12.1. The summed E-state index contributed by atoms with van der Waals surface area (Å²) in [6.45, 7) is 11.7. The topological polar surface area (TPSA) is 59.5 Å². The lowest BCUT2D eigenvalue weighted by molar-refractivity contribution is -0.0662. The highest BCUT2D eigenvalue weighted by Gasteiger charge is 2.46. The number of nitrogens with zero attached hydrogens (tertiary/aromatic N) is 3.